The maximum atomic E-state index is 3.64. The van der Waals surface area contributed by atoms with Gasteiger partial charge in [0.05, 0.1) is 0 Å². The molecule has 2 rings (SSSR count). The summed E-state index contributed by atoms with van der Waals surface area (Å²) in [6, 6.07) is 10.8. The summed E-state index contributed by atoms with van der Waals surface area (Å²) in [5.41, 5.74) is 0. The molecule has 1 aromatic rings. The van der Waals surface area contributed by atoms with Crippen LogP contribution in [0.25, 0.3) is 0 Å². The van der Waals surface area contributed by atoms with Gasteiger partial charge in [0, 0.05) is 6.17 Å². The monoisotopic (exact) mass is 191 g/mol. The Morgan fingerprint density at radius 3 is 2.77 bits per heavy atom. The second-order valence-corrected chi connectivity index (χ2v) is 5.54. The summed E-state index contributed by atoms with van der Waals surface area (Å²) in [6.07, 6.45) is 2.40. The molecule has 1 aliphatic heterocycles. The molecule has 0 saturated carbocycles. The number of nitrogens with one attached hydrogen (secondary N) is 2. The molecular weight excluding hydrogens is 176 g/mol. The molecule has 0 amide bonds. The van der Waals surface area contributed by atoms with Crippen molar-refractivity contribution in [3.63, 3.8) is 0 Å². The van der Waals surface area contributed by atoms with E-state index in [1.54, 1.807) is 0 Å². The Morgan fingerprint density at radius 1 is 1.08 bits per heavy atom. The highest BCUT2D eigenvalue weighted by atomic mass is 28.3. The average molecular weight is 191 g/mol. The van der Waals surface area contributed by atoms with Gasteiger partial charge in [-0.3, -0.25) is 0 Å². The van der Waals surface area contributed by atoms with Crippen molar-refractivity contribution < 1.29 is 0 Å². The van der Waals surface area contributed by atoms with Crippen LogP contribution in [0.15, 0.2) is 30.3 Å². The zero-order chi connectivity index (χ0) is 8.93. The van der Waals surface area contributed by atoms with Gasteiger partial charge >= 0.3 is 0 Å². The van der Waals surface area contributed by atoms with Crippen molar-refractivity contribution in [2.75, 3.05) is 19.3 Å². The standard InChI is InChI=1S/C10H15N2Si/c1-2-5-10(6-3-1)13-9-11-7-4-8-12-13/h1-3,5-6,11-12H,4,7-9H2. The Labute approximate surface area is 81.0 Å². The summed E-state index contributed by atoms with van der Waals surface area (Å²) in [6.45, 7) is 2.32. The Bertz CT molecular complexity index is 242. The third kappa shape index (κ3) is 2.40. The first-order chi connectivity index (χ1) is 6.47. The first-order valence-electron chi connectivity index (χ1n) is 4.82. The Balaban J connectivity index is 2.06. The molecule has 69 valence electrons. The molecule has 2 nitrogen and oxygen atoms in total. The van der Waals surface area contributed by atoms with Crippen LogP contribution in [-0.4, -0.2) is 28.2 Å². The SMILES string of the molecule is c1ccc([Si]2CNCCCN2)cc1. The summed E-state index contributed by atoms with van der Waals surface area (Å²) >= 11 is 0. The third-order valence-corrected chi connectivity index (χ3v) is 4.60. The lowest BCUT2D eigenvalue weighted by atomic mass is 10.4. The maximum Gasteiger partial charge on any atom is 0.184 e. The van der Waals surface area contributed by atoms with Crippen LogP contribution in [0.4, 0.5) is 0 Å². The molecule has 1 radical (unpaired) electrons. The quantitative estimate of drug-likeness (QED) is 0.611. The van der Waals surface area contributed by atoms with Crippen molar-refractivity contribution in [1.29, 1.82) is 0 Å². The van der Waals surface area contributed by atoms with E-state index in [0.717, 1.165) is 19.3 Å². The van der Waals surface area contributed by atoms with Gasteiger partial charge < -0.3 is 10.3 Å². The normalized spacial score (nSPS) is 19.7. The number of hydrogen-bond donors (Lipinski definition) is 2. The zero-order valence-electron chi connectivity index (χ0n) is 7.72. The minimum atomic E-state index is -0.523. The highest BCUT2D eigenvalue weighted by Crippen LogP contribution is 1.89. The predicted molar refractivity (Wildman–Crippen MR) is 57.3 cm³/mol. The van der Waals surface area contributed by atoms with E-state index >= 15 is 0 Å². The van der Waals surface area contributed by atoms with Gasteiger partial charge in [-0.25, -0.2) is 0 Å². The van der Waals surface area contributed by atoms with E-state index in [4.69, 9.17) is 0 Å². The molecule has 1 saturated heterocycles. The van der Waals surface area contributed by atoms with Gasteiger partial charge in [0.25, 0.3) is 0 Å². The van der Waals surface area contributed by atoms with Gasteiger partial charge in [0.2, 0.25) is 0 Å². The number of benzene rings is 1. The van der Waals surface area contributed by atoms with E-state index in [9.17, 15) is 0 Å². The highest BCUT2D eigenvalue weighted by Gasteiger charge is 2.15. The van der Waals surface area contributed by atoms with Gasteiger partial charge in [0.1, 0.15) is 0 Å². The second kappa shape index (κ2) is 4.55. The van der Waals surface area contributed by atoms with E-state index in [-0.39, 0.29) is 0 Å². The van der Waals surface area contributed by atoms with Crippen LogP contribution in [0.5, 0.6) is 0 Å². The molecule has 0 spiro atoms. The number of hydrogen-bond acceptors (Lipinski definition) is 2. The minimum absolute atomic E-state index is 0.523. The minimum Gasteiger partial charge on any atom is -0.333 e. The molecule has 2 N–H and O–H groups in total. The molecule has 1 aliphatic rings. The molecule has 1 fully saturated rings. The maximum absolute atomic E-state index is 3.64. The number of rotatable bonds is 1. The van der Waals surface area contributed by atoms with Crippen LogP contribution in [0.2, 0.25) is 0 Å². The molecule has 0 unspecified atom stereocenters. The molecule has 0 atom stereocenters. The Kier molecular flexibility index (Phi) is 3.13. The highest BCUT2D eigenvalue weighted by molar-refractivity contribution is 6.71. The van der Waals surface area contributed by atoms with Gasteiger partial charge in [-0.2, -0.15) is 0 Å². The Hall–Kier alpha value is -0.643. The topological polar surface area (TPSA) is 24.1 Å². The fourth-order valence-corrected chi connectivity index (χ4v) is 3.61. The van der Waals surface area contributed by atoms with Crippen LogP contribution in [0, 0.1) is 0 Å². The van der Waals surface area contributed by atoms with E-state index in [1.165, 1.54) is 11.6 Å². The zero-order valence-corrected chi connectivity index (χ0v) is 8.72. The lowest BCUT2D eigenvalue weighted by Gasteiger charge is -2.12. The van der Waals surface area contributed by atoms with Crippen molar-refractivity contribution in [1.82, 2.24) is 10.3 Å². The summed E-state index contributed by atoms with van der Waals surface area (Å²) in [4.78, 5) is 3.64. The third-order valence-electron chi connectivity index (χ3n) is 2.29. The van der Waals surface area contributed by atoms with Crippen molar-refractivity contribution in [3.8, 4) is 0 Å². The lowest BCUT2D eigenvalue weighted by Crippen LogP contribution is -2.50. The van der Waals surface area contributed by atoms with Crippen LogP contribution in [-0.2, 0) is 0 Å². The summed E-state index contributed by atoms with van der Waals surface area (Å²) in [7, 11) is -0.523. The van der Waals surface area contributed by atoms with Gasteiger partial charge in [-0.05, 0) is 24.7 Å². The summed E-state index contributed by atoms with van der Waals surface area (Å²) < 4.78 is 0. The van der Waals surface area contributed by atoms with E-state index in [2.05, 4.69) is 40.6 Å². The molecule has 1 aromatic carbocycles. The molecule has 13 heavy (non-hydrogen) atoms. The second-order valence-electron chi connectivity index (χ2n) is 3.30. The fraction of sp³-hybridized carbons (Fsp3) is 0.400. The molecule has 1 heterocycles. The first-order valence-corrected chi connectivity index (χ1v) is 6.53. The smallest absolute Gasteiger partial charge is 0.184 e. The fourth-order valence-electron chi connectivity index (χ4n) is 1.57. The van der Waals surface area contributed by atoms with Crippen molar-refractivity contribution >= 4 is 14.1 Å². The molecule has 0 bridgehead atoms. The van der Waals surface area contributed by atoms with Gasteiger partial charge in [-0.15, -0.1) is 0 Å². The largest absolute Gasteiger partial charge is 0.333 e. The van der Waals surface area contributed by atoms with E-state index < -0.39 is 8.96 Å². The van der Waals surface area contributed by atoms with Crippen molar-refractivity contribution in [2.24, 2.45) is 0 Å². The predicted octanol–water partition coefficient (Wildman–Crippen LogP) is 0.00720. The van der Waals surface area contributed by atoms with Crippen molar-refractivity contribution in [3.05, 3.63) is 30.3 Å². The van der Waals surface area contributed by atoms with E-state index in [0.29, 0.717) is 0 Å². The van der Waals surface area contributed by atoms with Crippen LogP contribution in [0.3, 0.4) is 0 Å². The average Bonchev–Trinajstić information content (AvgIpc) is 2.47. The summed E-state index contributed by atoms with van der Waals surface area (Å²) in [5.74, 6) is 0. The molecule has 0 aromatic heterocycles. The van der Waals surface area contributed by atoms with Gasteiger partial charge in [-0.1, -0.05) is 30.3 Å². The van der Waals surface area contributed by atoms with Crippen molar-refractivity contribution in [2.45, 2.75) is 6.42 Å². The summed E-state index contributed by atoms with van der Waals surface area (Å²) in [5, 5.41) is 4.97. The lowest BCUT2D eigenvalue weighted by molar-refractivity contribution is 0.728. The van der Waals surface area contributed by atoms with Crippen LogP contribution in [0.1, 0.15) is 6.42 Å². The van der Waals surface area contributed by atoms with Gasteiger partial charge in [0.15, 0.2) is 8.96 Å². The van der Waals surface area contributed by atoms with E-state index in [1.807, 2.05) is 0 Å². The molecular formula is C10H15N2Si. The molecule has 3 heteroatoms. The molecule has 0 aliphatic carbocycles. The van der Waals surface area contributed by atoms with Crippen LogP contribution >= 0.6 is 0 Å². The van der Waals surface area contributed by atoms with Crippen LogP contribution < -0.4 is 15.5 Å². The first kappa shape index (κ1) is 8.93. The Morgan fingerprint density at radius 2 is 1.92 bits per heavy atom.